The maximum absolute atomic E-state index is 13.0. The first-order valence-corrected chi connectivity index (χ1v) is 8.74. The lowest BCUT2D eigenvalue weighted by Gasteiger charge is -2.45. The lowest BCUT2D eigenvalue weighted by Crippen LogP contribution is -2.53. The minimum absolute atomic E-state index is 0.148. The molecule has 0 radical (unpaired) electrons. The lowest BCUT2D eigenvalue weighted by atomic mass is 9.80. The number of hydrogen-bond acceptors (Lipinski definition) is 2. The van der Waals surface area contributed by atoms with Gasteiger partial charge in [0.15, 0.2) is 0 Å². The van der Waals surface area contributed by atoms with Crippen LogP contribution in [0.3, 0.4) is 0 Å². The molecule has 1 aliphatic rings. The highest BCUT2D eigenvalue weighted by atomic mass is 35.5. The van der Waals surface area contributed by atoms with E-state index in [1.54, 1.807) is 31.4 Å². The summed E-state index contributed by atoms with van der Waals surface area (Å²) in [6.45, 7) is 6.38. The van der Waals surface area contributed by atoms with Gasteiger partial charge < -0.3 is 10.1 Å². The van der Waals surface area contributed by atoms with Crippen LogP contribution in [-0.2, 0) is 0 Å². The van der Waals surface area contributed by atoms with Gasteiger partial charge in [-0.2, -0.15) is 0 Å². The van der Waals surface area contributed by atoms with Crippen molar-refractivity contribution >= 4 is 29.0 Å². The number of carbonyl (C=O) groups excluding carboxylic acids is 1. The fraction of sp³-hybridized carbons (Fsp3) is 0.350. The molecule has 0 spiro atoms. The van der Waals surface area contributed by atoms with Crippen molar-refractivity contribution in [3.05, 3.63) is 53.1 Å². The molecule has 0 fully saturated rings. The molecule has 5 heteroatoms. The number of amides is 2. The van der Waals surface area contributed by atoms with E-state index in [1.165, 1.54) is 0 Å². The number of nitrogens with one attached hydrogen (secondary N) is 1. The van der Waals surface area contributed by atoms with Crippen molar-refractivity contribution in [1.29, 1.82) is 0 Å². The first-order chi connectivity index (χ1) is 11.8. The third-order valence-corrected chi connectivity index (χ3v) is 4.97. The Hall–Kier alpha value is -2.20. The zero-order valence-electron chi connectivity index (χ0n) is 15.0. The number of urea groups is 1. The smallest absolute Gasteiger partial charge is 0.326 e. The van der Waals surface area contributed by atoms with Gasteiger partial charge >= 0.3 is 6.03 Å². The van der Waals surface area contributed by atoms with Gasteiger partial charge in [-0.1, -0.05) is 18.5 Å². The number of rotatable bonds is 2. The molecule has 1 aliphatic heterocycles. The molecule has 0 unspecified atom stereocenters. The highest BCUT2D eigenvalue weighted by molar-refractivity contribution is 6.30. The highest BCUT2D eigenvalue weighted by Crippen LogP contribution is 2.44. The second-order valence-corrected chi connectivity index (χ2v) is 7.55. The van der Waals surface area contributed by atoms with Gasteiger partial charge in [0.25, 0.3) is 0 Å². The number of carbonyl (C=O) groups is 1. The first-order valence-electron chi connectivity index (χ1n) is 8.36. The van der Waals surface area contributed by atoms with Crippen molar-refractivity contribution in [2.45, 2.75) is 38.6 Å². The number of anilines is 2. The molecule has 3 rings (SSSR count). The fourth-order valence-corrected chi connectivity index (χ4v) is 3.76. The number of hydrogen-bond donors (Lipinski definition) is 1. The van der Waals surface area contributed by atoms with Crippen molar-refractivity contribution in [2.75, 3.05) is 17.3 Å². The molecule has 132 valence electrons. The van der Waals surface area contributed by atoms with Crippen LogP contribution in [-0.4, -0.2) is 18.7 Å². The Bertz CT molecular complexity index is 787. The summed E-state index contributed by atoms with van der Waals surface area (Å²) in [5, 5.41) is 3.62. The fourth-order valence-electron chi connectivity index (χ4n) is 3.63. The molecule has 2 aromatic rings. The van der Waals surface area contributed by atoms with Crippen LogP contribution >= 0.6 is 11.6 Å². The van der Waals surface area contributed by atoms with E-state index in [4.69, 9.17) is 16.3 Å². The number of fused-ring (bicyclic) bond motifs is 1. The summed E-state index contributed by atoms with van der Waals surface area (Å²) in [6, 6.07) is 12.9. The molecule has 0 saturated carbocycles. The number of halogens is 1. The van der Waals surface area contributed by atoms with Gasteiger partial charge in [0.2, 0.25) is 0 Å². The molecule has 0 aromatic heterocycles. The average Bonchev–Trinajstić information content (AvgIpc) is 2.56. The Morgan fingerprint density at radius 3 is 2.56 bits per heavy atom. The van der Waals surface area contributed by atoms with Crippen LogP contribution in [0.5, 0.6) is 5.75 Å². The predicted octanol–water partition coefficient (Wildman–Crippen LogP) is 5.67. The average molecular weight is 359 g/mol. The number of nitrogens with zero attached hydrogens (tertiary/aromatic N) is 1. The summed E-state index contributed by atoms with van der Waals surface area (Å²) in [6.07, 6.45) is 0.876. The van der Waals surface area contributed by atoms with Crippen molar-refractivity contribution < 1.29 is 9.53 Å². The van der Waals surface area contributed by atoms with E-state index in [9.17, 15) is 4.79 Å². The number of benzene rings is 2. The van der Waals surface area contributed by atoms with Crippen LogP contribution in [0, 0.1) is 0 Å². The Labute approximate surface area is 153 Å². The van der Waals surface area contributed by atoms with Crippen LogP contribution < -0.4 is 15.0 Å². The number of ether oxygens (including phenoxy) is 1. The van der Waals surface area contributed by atoms with E-state index >= 15 is 0 Å². The summed E-state index contributed by atoms with van der Waals surface area (Å²) in [4.78, 5) is 14.9. The van der Waals surface area contributed by atoms with Crippen LogP contribution in [0.2, 0.25) is 5.02 Å². The first kappa shape index (κ1) is 17.6. The molecular weight excluding hydrogens is 336 g/mol. The zero-order chi connectivity index (χ0) is 18.2. The molecule has 1 N–H and O–H groups in total. The second-order valence-electron chi connectivity index (χ2n) is 7.11. The maximum atomic E-state index is 13.0. The van der Waals surface area contributed by atoms with Gasteiger partial charge in [-0.15, -0.1) is 0 Å². The van der Waals surface area contributed by atoms with Gasteiger partial charge in [-0.3, -0.25) is 4.90 Å². The highest BCUT2D eigenvalue weighted by Gasteiger charge is 2.40. The van der Waals surface area contributed by atoms with E-state index in [0.29, 0.717) is 10.9 Å². The van der Waals surface area contributed by atoms with Crippen molar-refractivity contribution in [2.24, 2.45) is 0 Å². The Balaban J connectivity index is 1.97. The monoisotopic (exact) mass is 358 g/mol. The second kappa shape index (κ2) is 6.60. The molecule has 0 bridgehead atoms. The third kappa shape index (κ3) is 3.45. The minimum atomic E-state index is -0.294. The quantitative estimate of drug-likeness (QED) is 0.751. The van der Waals surface area contributed by atoms with Crippen molar-refractivity contribution in [3.8, 4) is 5.75 Å². The molecule has 0 aliphatic carbocycles. The zero-order valence-corrected chi connectivity index (χ0v) is 15.7. The molecule has 1 heterocycles. The minimum Gasteiger partial charge on any atom is -0.497 e. The Kier molecular flexibility index (Phi) is 4.65. The van der Waals surface area contributed by atoms with Crippen molar-refractivity contribution in [1.82, 2.24) is 0 Å². The largest absolute Gasteiger partial charge is 0.497 e. The van der Waals surface area contributed by atoms with E-state index < -0.39 is 0 Å². The summed E-state index contributed by atoms with van der Waals surface area (Å²) in [5.74, 6) is 1.16. The normalized spacial score (nSPS) is 18.4. The van der Waals surface area contributed by atoms with Gasteiger partial charge in [-0.05, 0) is 74.2 Å². The molecule has 0 saturated heterocycles. The SMILES string of the molecule is COc1ccc2c(c1)[C@H](C)CC(C)(C)N2C(=O)Nc1ccc(Cl)cc1. The van der Waals surface area contributed by atoms with E-state index in [1.807, 2.05) is 23.1 Å². The third-order valence-electron chi connectivity index (χ3n) is 4.72. The van der Waals surface area contributed by atoms with Gasteiger partial charge in [0.1, 0.15) is 5.75 Å². The van der Waals surface area contributed by atoms with Crippen molar-refractivity contribution in [3.63, 3.8) is 0 Å². The Morgan fingerprint density at radius 2 is 1.92 bits per heavy atom. The van der Waals surface area contributed by atoms with Crippen LogP contribution in [0.4, 0.5) is 16.2 Å². The molecule has 4 nitrogen and oxygen atoms in total. The van der Waals surface area contributed by atoms with E-state index in [2.05, 4.69) is 26.1 Å². The topological polar surface area (TPSA) is 41.6 Å². The number of methoxy groups -OCH3 is 1. The lowest BCUT2D eigenvalue weighted by molar-refractivity contribution is 0.247. The molecule has 2 amide bonds. The van der Waals surface area contributed by atoms with Crippen LogP contribution in [0.15, 0.2) is 42.5 Å². The van der Waals surface area contributed by atoms with Gasteiger partial charge in [0.05, 0.1) is 7.11 Å². The standard InChI is InChI=1S/C20H23ClN2O2/c1-13-12-20(2,3)23(18-10-9-16(25-4)11-17(13)18)19(24)22-15-7-5-14(21)6-8-15/h5-11,13H,12H2,1-4H3,(H,22,24)/t13-/m1/s1. The maximum Gasteiger partial charge on any atom is 0.326 e. The molecule has 2 aromatic carbocycles. The van der Waals surface area contributed by atoms with E-state index in [0.717, 1.165) is 29.1 Å². The molecule has 1 atom stereocenters. The summed E-state index contributed by atoms with van der Waals surface area (Å²) < 4.78 is 5.35. The summed E-state index contributed by atoms with van der Waals surface area (Å²) >= 11 is 5.92. The summed E-state index contributed by atoms with van der Waals surface area (Å²) in [5.41, 5.74) is 2.48. The predicted molar refractivity (Wildman–Crippen MR) is 103 cm³/mol. The summed E-state index contributed by atoms with van der Waals surface area (Å²) in [7, 11) is 1.66. The molecule has 25 heavy (non-hydrogen) atoms. The van der Waals surface area contributed by atoms with E-state index in [-0.39, 0.29) is 11.6 Å². The van der Waals surface area contributed by atoms with Gasteiger partial charge in [0, 0.05) is 21.9 Å². The van der Waals surface area contributed by atoms with Crippen LogP contribution in [0.1, 0.15) is 38.7 Å². The molecular formula is C20H23ClN2O2. The Morgan fingerprint density at radius 1 is 1.24 bits per heavy atom. The van der Waals surface area contributed by atoms with Crippen LogP contribution in [0.25, 0.3) is 0 Å². The van der Waals surface area contributed by atoms with Gasteiger partial charge in [-0.25, -0.2) is 4.79 Å².